The maximum absolute atomic E-state index is 5.92. The molecule has 154 valence electrons. The molecule has 0 amide bonds. The quantitative estimate of drug-likeness (QED) is 0.661. The zero-order valence-electron chi connectivity index (χ0n) is 17.1. The largest absolute Gasteiger partial charge is 0.495 e. The molecule has 1 fully saturated rings. The predicted molar refractivity (Wildman–Crippen MR) is 119 cm³/mol. The first-order valence-corrected chi connectivity index (χ1v) is 10.3. The summed E-state index contributed by atoms with van der Waals surface area (Å²) < 4.78 is 11.4. The second-order valence-electron chi connectivity index (χ2n) is 7.49. The van der Waals surface area contributed by atoms with E-state index in [1.165, 1.54) is 5.69 Å². The van der Waals surface area contributed by atoms with Crippen molar-refractivity contribution in [3.8, 4) is 11.5 Å². The van der Waals surface area contributed by atoms with E-state index in [4.69, 9.17) is 9.47 Å². The van der Waals surface area contributed by atoms with Crippen LogP contribution < -0.4 is 25.0 Å². The monoisotopic (exact) mass is 394 g/mol. The first-order valence-electron chi connectivity index (χ1n) is 10.3. The maximum Gasteiger partial charge on any atom is 0.142 e. The molecule has 29 heavy (non-hydrogen) atoms. The van der Waals surface area contributed by atoms with Crippen LogP contribution in [-0.4, -0.2) is 51.3 Å². The molecule has 2 N–H and O–H groups in total. The van der Waals surface area contributed by atoms with Gasteiger partial charge in [-0.3, -0.25) is 4.90 Å². The van der Waals surface area contributed by atoms with Crippen molar-refractivity contribution in [3.63, 3.8) is 0 Å². The molecule has 6 nitrogen and oxygen atoms in total. The number of methoxy groups -OCH3 is 1. The van der Waals surface area contributed by atoms with Crippen molar-refractivity contribution >= 4 is 17.1 Å². The molecule has 0 unspecified atom stereocenters. The minimum absolute atomic E-state index is 0.744. The van der Waals surface area contributed by atoms with E-state index in [2.05, 4.69) is 39.1 Å². The van der Waals surface area contributed by atoms with Gasteiger partial charge in [-0.1, -0.05) is 18.7 Å². The molecule has 0 radical (unpaired) electrons. The number of anilines is 3. The Morgan fingerprint density at radius 1 is 0.966 bits per heavy atom. The summed E-state index contributed by atoms with van der Waals surface area (Å²) in [6.45, 7) is 10.0. The molecule has 2 heterocycles. The van der Waals surface area contributed by atoms with Crippen molar-refractivity contribution in [3.05, 3.63) is 54.9 Å². The lowest BCUT2D eigenvalue weighted by molar-refractivity contribution is 0.238. The predicted octanol–water partition coefficient (Wildman–Crippen LogP) is 3.99. The summed E-state index contributed by atoms with van der Waals surface area (Å²) in [4.78, 5) is 4.96. The zero-order chi connectivity index (χ0) is 20.1. The first kappa shape index (κ1) is 19.5. The lowest BCUT2D eigenvalue weighted by atomic mass is 10.2. The first-order chi connectivity index (χ1) is 14.2. The summed E-state index contributed by atoms with van der Waals surface area (Å²) in [5.41, 5.74) is 3.28. The van der Waals surface area contributed by atoms with Crippen LogP contribution in [0.4, 0.5) is 17.1 Å². The van der Waals surface area contributed by atoms with E-state index in [1.54, 1.807) is 7.11 Å². The standard InChI is InChI=1S/C23H30N4O2/c1-18-24-20-10-9-19(17-21(20)25-18)29-16-6-5-11-26-12-14-27(15-13-26)22-7-3-4-8-23(22)28-2/h3-4,7-10,17,24-25H,1,5-6,11-16H2,2H3. The van der Waals surface area contributed by atoms with Gasteiger partial charge >= 0.3 is 0 Å². The van der Waals surface area contributed by atoms with Crippen LogP contribution in [0.3, 0.4) is 0 Å². The third-order valence-corrected chi connectivity index (χ3v) is 5.50. The lowest BCUT2D eigenvalue weighted by Crippen LogP contribution is -2.46. The Labute approximate surface area is 173 Å². The summed E-state index contributed by atoms with van der Waals surface area (Å²) in [7, 11) is 1.74. The molecule has 0 aliphatic carbocycles. The molecule has 2 aromatic carbocycles. The van der Waals surface area contributed by atoms with E-state index < -0.39 is 0 Å². The molecular weight excluding hydrogens is 364 g/mol. The normalized spacial score (nSPS) is 16.2. The van der Waals surface area contributed by atoms with Crippen LogP contribution in [0, 0.1) is 0 Å². The zero-order valence-corrected chi connectivity index (χ0v) is 17.1. The van der Waals surface area contributed by atoms with Crippen LogP contribution in [0.1, 0.15) is 12.8 Å². The van der Waals surface area contributed by atoms with Gasteiger partial charge in [-0.15, -0.1) is 0 Å². The van der Waals surface area contributed by atoms with E-state index in [0.717, 1.165) is 80.9 Å². The number of nitrogens with zero attached hydrogens (tertiary/aromatic N) is 2. The number of rotatable bonds is 8. The molecular formula is C23H30N4O2. The average Bonchev–Trinajstić information content (AvgIpc) is 3.13. The van der Waals surface area contributed by atoms with Crippen LogP contribution in [-0.2, 0) is 0 Å². The van der Waals surface area contributed by atoms with E-state index in [9.17, 15) is 0 Å². The Bertz CT molecular complexity index is 847. The fraction of sp³-hybridized carbons (Fsp3) is 0.391. The summed E-state index contributed by atoms with van der Waals surface area (Å²) in [5, 5.41) is 6.38. The maximum atomic E-state index is 5.92. The molecule has 0 atom stereocenters. The van der Waals surface area contributed by atoms with Crippen molar-refractivity contribution in [2.45, 2.75) is 12.8 Å². The topological polar surface area (TPSA) is 49.0 Å². The van der Waals surface area contributed by atoms with E-state index in [0.29, 0.717) is 0 Å². The average molecular weight is 395 g/mol. The highest BCUT2D eigenvalue weighted by atomic mass is 16.5. The molecule has 1 saturated heterocycles. The second kappa shape index (κ2) is 9.09. The number of fused-ring (bicyclic) bond motifs is 1. The Morgan fingerprint density at radius 3 is 2.59 bits per heavy atom. The van der Waals surface area contributed by atoms with Crippen molar-refractivity contribution in [1.82, 2.24) is 4.90 Å². The Morgan fingerprint density at radius 2 is 1.76 bits per heavy atom. The SMILES string of the molecule is C=C1Nc2ccc(OCCCCN3CCN(c4ccccc4OC)CC3)cc2N1. The van der Waals surface area contributed by atoms with Gasteiger partial charge in [0.15, 0.2) is 0 Å². The van der Waals surface area contributed by atoms with E-state index >= 15 is 0 Å². The Balaban J connectivity index is 1.15. The third-order valence-electron chi connectivity index (χ3n) is 5.50. The van der Waals surface area contributed by atoms with Crippen molar-refractivity contribution in [2.24, 2.45) is 0 Å². The minimum atomic E-state index is 0.744. The highest BCUT2D eigenvalue weighted by Gasteiger charge is 2.19. The highest BCUT2D eigenvalue weighted by molar-refractivity contribution is 5.79. The van der Waals surface area contributed by atoms with Gasteiger partial charge in [0.2, 0.25) is 0 Å². The summed E-state index contributed by atoms with van der Waals surface area (Å²) >= 11 is 0. The summed E-state index contributed by atoms with van der Waals surface area (Å²) in [6, 6.07) is 14.3. The van der Waals surface area contributed by atoms with Crippen molar-refractivity contribution in [1.29, 1.82) is 0 Å². The molecule has 6 heteroatoms. The fourth-order valence-electron chi connectivity index (χ4n) is 3.91. The van der Waals surface area contributed by atoms with Crippen molar-refractivity contribution in [2.75, 3.05) is 62.0 Å². The number of benzene rings is 2. The number of hydrogen-bond acceptors (Lipinski definition) is 6. The molecule has 0 bridgehead atoms. The van der Waals surface area contributed by atoms with Gasteiger partial charge in [-0.2, -0.15) is 0 Å². The van der Waals surface area contributed by atoms with E-state index in [-0.39, 0.29) is 0 Å². The molecule has 2 aromatic rings. The number of piperazine rings is 1. The molecule has 2 aliphatic heterocycles. The van der Waals surface area contributed by atoms with Gasteiger partial charge in [0.25, 0.3) is 0 Å². The van der Waals surface area contributed by atoms with Gasteiger partial charge in [0.05, 0.1) is 30.8 Å². The highest BCUT2D eigenvalue weighted by Crippen LogP contribution is 2.33. The van der Waals surface area contributed by atoms with Crippen LogP contribution in [0.2, 0.25) is 0 Å². The van der Waals surface area contributed by atoms with Gasteiger partial charge in [0.1, 0.15) is 17.3 Å². The smallest absolute Gasteiger partial charge is 0.142 e. The summed E-state index contributed by atoms with van der Waals surface area (Å²) in [6.07, 6.45) is 2.21. The number of unbranched alkanes of at least 4 members (excludes halogenated alkanes) is 1. The van der Waals surface area contributed by atoms with Gasteiger partial charge in [0, 0.05) is 32.2 Å². The van der Waals surface area contributed by atoms with Crippen molar-refractivity contribution < 1.29 is 9.47 Å². The Kier molecular flexibility index (Phi) is 6.10. The fourth-order valence-corrected chi connectivity index (χ4v) is 3.91. The van der Waals surface area contributed by atoms with Crippen LogP contribution in [0.25, 0.3) is 0 Å². The molecule has 4 rings (SSSR count). The van der Waals surface area contributed by atoms with Crippen LogP contribution in [0.15, 0.2) is 54.9 Å². The lowest BCUT2D eigenvalue weighted by Gasteiger charge is -2.36. The number of ether oxygens (including phenoxy) is 2. The van der Waals surface area contributed by atoms with E-state index in [1.807, 2.05) is 30.3 Å². The third kappa shape index (κ3) is 4.77. The number of nitrogens with one attached hydrogen (secondary N) is 2. The number of hydrogen-bond donors (Lipinski definition) is 2. The molecule has 2 aliphatic rings. The Hall–Kier alpha value is -2.86. The summed E-state index contributed by atoms with van der Waals surface area (Å²) in [5.74, 6) is 2.67. The van der Waals surface area contributed by atoms with Gasteiger partial charge < -0.3 is 25.0 Å². The van der Waals surface area contributed by atoms with Crippen LogP contribution >= 0.6 is 0 Å². The van der Waals surface area contributed by atoms with Gasteiger partial charge in [-0.25, -0.2) is 0 Å². The van der Waals surface area contributed by atoms with Gasteiger partial charge in [-0.05, 0) is 43.7 Å². The molecule has 0 saturated carbocycles. The minimum Gasteiger partial charge on any atom is -0.495 e. The second-order valence-corrected chi connectivity index (χ2v) is 7.49. The number of para-hydroxylation sites is 2. The van der Waals surface area contributed by atoms with Crippen LogP contribution in [0.5, 0.6) is 11.5 Å². The molecule has 0 aromatic heterocycles. The molecule has 0 spiro atoms.